The Kier molecular flexibility index (Phi) is 7.54. The Morgan fingerprint density at radius 3 is 2.43 bits per heavy atom. The average molecular weight is 383 g/mol. The van der Waals surface area contributed by atoms with Gasteiger partial charge in [0.05, 0.1) is 5.60 Å². The van der Waals surface area contributed by atoms with E-state index in [1.807, 2.05) is 0 Å². The van der Waals surface area contributed by atoms with Crippen molar-refractivity contribution in [3.63, 3.8) is 0 Å². The van der Waals surface area contributed by atoms with Crippen molar-refractivity contribution in [2.45, 2.75) is 51.0 Å². The molecule has 130 valence electrons. The molecule has 0 aliphatic carbocycles. The second kappa shape index (κ2) is 9.16. The van der Waals surface area contributed by atoms with Gasteiger partial charge in [0.2, 0.25) is 0 Å². The monoisotopic (exact) mass is 382 g/mol. The summed E-state index contributed by atoms with van der Waals surface area (Å²) >= 11 is 3.60. The van der Waals surface area contributed by atoms with E-state index in [-0.39, 0.29) is 5.92 Å². The van der Waals surface area contributed by atoms with Gasteiger partial charge in [0.15, 0.2) is 0 Å². The van der Waals surface area contributed by atoms with Gasteiger partial charge >= 0.3 is 0 Å². The van der Waals surface area contributed by atoms with Crippen LogP contribution >= 0.6 is 15.9 Å². The highest BCUT2D eigenvalue weighted by Crippen LogP contribution is 2.37. The molecule has 1 atom stereocenters. The smallest absolute Gasteiger partial charge is 0.0728 e. The number of hydrogen-bond acceptors (Lipinski definition) is 3. The number of halogens is 1. The summed E-state index contributed by atoms with van der Waals surface area (Å²) in [6, 6.07) is 8.50. The van der Waals surface area contributed by atoms with Crippen LogP contribution in [-0.4, -0.2) is 48.3 Å². The molecule has 4 heteroatoms. The highest BCUT2D eigenvalue weighted by molar-refractivity contribution is 9.10. The lowest BCUT2D eigenvalue weighted by Crippen LogP contribution is -2.49. The van der Waals surface area contributed by atoms with Crippen LogP contribution in [0, 0.1) is 0 Å². The van der Waals surface area contributed by atoms with E-state index in [2.05, 4.69) is 64.3 Å². The highest BCUT2D eigenvalue weighted by Gasteiger charge is 2.37. The third-order valence-electron chi connectivity index (χ3n) is 4.92. The van der Waals surface area contributed by atoms with Gasteiger partial charge in [0, 0.05) is 43.1 Å². The summed E-state index contributed by atoms with van der Waals surface area (Å²) in [5.74, 6) is 0.165. The van der Waals surface area contributed by atoms with E-state index in [0.29, 0.717) is 0 Å². The normalized spacial score (nSPS) is 18.1. The van der Waals surface area contributed by atoms with Crippen LogP contribution in [0.3, 0.4) is 0 Å². The first-order valence-corrected chi connectivity index (χ1v) is 9.79. The molecule has 0 unspecified atom stereocenters. The fourth-order valence-corrected chi connectivity index (χ4v) is 4.22. The van der Waals surface area contributed by atoms with Crippen LogP contribution in [0.4, 0.5) is 0 Å². The van der Waals surface area contributed by atoms with Crippen LogP contribution in [0.25, 0.3) is 0 Å². The molecule has 0 saturated carbocycles. The zero-order valence-electron chi connectivity index (χ0n) is 14.5. The Bertz CT molecular complexity index is 468. The largest absolute Gasteiger partial charge is 0.389 e. The average Bonchev–Trinajstić information content (AvgIpc) is 2.54. The fraction of sp³-hybridized carbons (Fsp3) is 0.684. The number of piperazine rings is 1. The first-order chi connectivity index (χ1) is 11.1. The number of nitrogens with one attached hydrogen (secondary N) is 1. The molecule has 1 heterocycles. The van der Waals surface area contributed by atoms with E-state index >= 15 is 0 Å². The number of benzene rings is 1. The molecule has 0 radical (unpaired) electrons. The molecule has 2 rings (SSSR count). The van der Waals surface area contributed by atoms with Crippen molar-refractivity contribution in [2.75, 3.05) is 32.7 Å². The summed E-state index contributed by atoms with van der Waals surface area (Å²) in [6.07, 6.45) is 3.76. The van der Waals surface area contributed by atoms with Crippen LogP contribution in [0.2, 0.25) is 0 Å². The zero-order chi connectivity index (χ0) is 16.7. The van der Waals surface area contributed by atoms with Crippen molar-refractivity contribution in [2.24, 2.45) is 0 Å². The summed E-state index contributed by atoms with van der Waals surface area (Å²) in [5.41, 5.74) is 0.636. The predicted octanol–water partition coefficient (Wildman–Crippen LogP) is 3.77. The van der Waals surface area contributed by atoms with Gasteiger partial charge in [-0.25, -0.2) is 0 Å². The van der Waals surface area contributed by atoms with E-state index in [9.17, 15) is 5.11 Å². The molecule has 1 aliphatic rings. The lowest BCUT2D eigenvalue weighted by Gasteiger charge is -2.40. The molecule has 0 amide bonds. The third-order valence-corrected chi connectivity index (χ3v) is 5.41. The maximum atomic E-state index is 11.5. The lowest BCUT2D eigenvalue weighted by atomic mass is 9.76. The molecule has 1 saturated heterocycles. The first kappa shape index (κ1) is 18.9. The van der Waals surface area contributed by atoms with Gasteiger partial charge < -0.3 is 15.3 Å². The van der Waals surface area contributed by atoms with Gasteiger partial charge in [-0.15, -0.1) is 0 Å². The maximum absolute atomic E-state index is 11.5. The number of nitrogens with zero attached hydrogens (tertiary/aromatic N) is 1. The van der Waals surface area contributed by atoms with Crippen LogP contribution in [-0.2, 0) is 0 Å². The Morgan fingerprint density at radius 2 is 1.87 bits per heavy atom. The second-order valence-electron chi connectivity index (χ2n) is 6.76. The van der Waals surface area contributed by atoms with Crippen molar-refractivity contribution in [3.8, 4) is 0 Å². The summed E-state index contributed by atoms with van der Waals surface area (Å²) in [6.45, 7) is 9.51. The van der Waals surface area contributed by atoms with Crippen molar-refractivity contribution in [1.82, 2.24) is 10.2 Å². The lowest BCUT2D eigenvalue weighted by molar-refractivity contribution is -0.0174. The van der Waals surface area contributed by atoms with Gasteiger partial charge in [-0.3, -0.25) is 0 Å². The Morgan fingerprint density at radius 1 is 1.22 bits per heavy atom. The predicted molar refractivity (Wildman–Crippen MR) is 101 cm³/mol. The molecule has 1 aromatic carbocycles. The molecule has 1 aromatic rings. The standard InChI is InChI=1S/C19H31BrN2O/c1-3-8-19(23,9-4-2)18(15-22-12-10-21-11-13-22)16-6-5-7-17(20)14-16/h5-7,14,18,21,23H,3-4,8-13,15H2,1-2H3/t18-/m0/s1. The molecule has 2 N–H and O–H groups in total. The summed E-state index contributed by atoms with van der Waals surface area (Å²) < 4.78 is 1.09. The van der Waals surface area contributed by atoms with Crippen LogP contribution in [0.15, 0.2) is 28.7 Å². The first-order valence-electron chi connectivity index (χ1n) is 9.00. The molecule has 1 fully saturated rings. The van der Waals surface area contributed by atoms with E-state index in [4.69, 9.17) is 0 Å². The Balaban J connectivity index is 2.28. The molecule has 23 heavy (non-hydrogen) atoms. The van der Waals surface area contributed by atoms with Gasteiger partial charge in [0.25, 0.3) is 0 Å². The van der Waals surface area contributed by atoms with Crippen molar-refractivity contribution < 1.29 is 5.11 Å². The Labute approximate surface area is 149 Å². The highest BCUT2D eigenvalue weighted by atomic mass is 79.9. The number of aliphatic hydroxyl groups is 1. The topological polar surface area (TPSA) is 35.5 Å². The molecule has 0 aromatic heterocycles. The van der Waals surface area contributed by atoms with E-state index < -0.39 is 5.60 Å². The number of hydrogen-bond donors (Lipinski definition) is 2. The Hall–Kier alpha value is -0.420. The van der Waals surface area contributed by atoms with Crippen LogP contribution in [0.5, 0.6) is 0 Å². The van der Waals surface area contributed by atoms with Gasteiger partial charge in [-0.1, -0.05) is 54.8 Å². The van der Waals surface area contributed by atoms with E-state index in [1.165, 1.54) is 5.56 Å². The van der Waals surface area contributed by atoms with Crippen LogP contribution < -0.4 is 5.32 Å². The molecule has 1 aliphatic heterocycles. The van der Waals surface area contributed by atoms with Gasteiger partial charge in [-0.05, 0) is 30.5 Å². The van der Waals surface area contributed by atoms with Gasteiger partial charge in [-0.2, -0.15) is 0 Å². The summed E-state index contributed by atoms with van der Waals surface area (Å²) in [4.78, 5) is 2.50. The third kappa shape index (κ3) is 5.28. The van der Waals surface area contributed by atoms with E-state index in [1.54, 1.807) is 0 Å². The molecule has 0 bridgehead atoms. The van der Waals surface area contributed by atoms with Crippen LogP contribution in [0.1, 0.15) is 51.0 Å². The fourth-order valence-electron chi connectivity index (χ4n) is 3.80. The molecule has 3 nitrogen and oxygen atoms in total. The van der Waals surface area contributed by atoms with Crippen molar-refractivity contribution in [1.29, 1.82) is 0 Å². The molecular formula is C19H31BrN2O. The summed E-state index contributed by atoms with van der Waals surface area (Å²) in [7, 11) is 0. The maximum Gasteiger partial charge on any atom is 0.0728 e. The SMILES string of the molecule is CCCC(O)(CCC)[C@@H](CN1CCNCC1)c1cccc(Br)c1. The van der Waals surface area contributed by atoms with Crippen molar-refractivity contribution in [3.05, 3.63) is 34.3 Å². The quantitative estimate of drug-likeness (QED) is 0.718. The van der Waals surface area contributed by atoms with Gasteiger partial charge in [0.1, 0.15) is 0 Å². The minimum Gasteiger partial charge on any atom is -0.389 e. The minimum absolute atomic E-state index is 0.165. The van der Waals surface area contributed by atoms with E-state index in [0.717, 1.165) is 62.9 Å². The summed E-state index contributed by atoms with van der Waals surface area (Å²) in [5, 5.41) is 14.9. The zero-order valence-corrected chi connectivity index (χ0v) is 16.1. The van der Waals surface area contributed by atoms with Crippen molar-refractivity contribution >= 4 is 15.9 Å². The molecular weight excluding hydrogens is 352 g/mol. The molecule has 0 spiro atoms. The second-order valence-corrected chi connectivity index (χ2v) is 7.68. The number of rotatable bonds is 8. The minimum atomic E-state index is -0.616.